The number of aromatic nitrogens is 1. The van der Waals surface area contributed by atoms with Gasteiger partial charge in [0.2, 0.25) is 0 Å². The Kier molecular flexibility index (Phi) is 4.46. The lowest BCUT2D eigenvalue weighted by molar-refractivity contribution is 0.586. The number of anilines is 1. The Bertz CT molecular complexity index is 580. The number of benzene rings is 1. The maximum Gasteiger partial charge on any atom is 0.129 e. The van der Waals surface area contributed by atoms with Crippen LogP contribution in [0.25, 0.3) is 0 Å². The van der Waals surface area contributed by atoms with Crippen LogP contribution in [0, 0.1) is 5.82 Å². The summed E-state index contributed by atoms with van der Waals surface area (Å²) in [7, 11) is 0. The van der Waals surface area contributed by atoms with Crippen molar-refractivity contribution in [3.63, 3.8) is 0 Å². The van der Waals surface area contributed by atoms with Gasteiger partial charge in [0, 0.05) is 49.8 Å². The Morgan fingerprint density at radius 3 is 2.71 bits per heavy atom. The van der Waals surface area contributed by atoms with Crippen LogP contribution in [0.3, 0.4) is 0 Å². The second kappa shape index (κ2) is 6.68. The van der Waals surface area contributed by atoms with Gasteiger partial charge in [0.15, 0.2) is 0 Å². The minimum Gasteiger partial charge on any atom is -0.371 e. The molecule has 2 aromatic rings. The lowest BCUT2D eigenvalue weighted by atomic mass is 10.1. The molecule has 110 valence electrons. The Balaban J connectivity index is 1.69. The van der Waals surface area contributed by atoms with Gasteiger partial charge in [-0.1, -0.05) is 12.1 Å². The molecular weight excluding hydrogens is 265 g/mol. The summed E-state index contributed by atoms with van der Waals surface area (Å²) in [6, 6.07) is 9.29. The van der Waals surface area contributed by atoms with Gasteiger partial charge in [0.25, 0.3) is 0 Å². The monoisotopic (exact) mass is 285 g/mol. The molecule has 1 aromatic heterocycles. The first-order valence-corrected chi connectivity index (χ1v) is 7.46. The van der Waals surface area contributed by atoms with Gasteiger partial charge < -0.3 is 10.2 Å². The topological polar surface area (TPSA) is 28.2 Å². The molecule has 1 N–H and O–H groups in total. The quantitative estimate of drug-likeness (QED) is 0.915. The van der Waals surface area contributed by atoms with E-state index in [9.17, 15) is 4.39 Å². The van der Waals surface area contributed by atoms with Gasteiger partial charge in [-0.3, -0.25) is 4.98 Å². The highest BCUT2D eigenvalue weighted by molar-refractivity contribution is 5.54. The van der Waals surface area contributed by atoms with Gasteiger partial charge in [-0.15, -0.1) is 0 Å². The van der Waals surface area contributed by atoms with Crippen molar-refractivity contribution >= 4 is 5.69 Å². The van der Waals surface area contributed by atoms with Crippen LogP contribution in [0.15, 0.2) is 42.7 Å². The Hall–Kier alpha value is -1.94. The maximum absolute atomic E-state index is 14.2. The zero-order chi connectivity index (χ0) is 14.5. The molecule has 0 bridgehead atoms. The molecule has 0 atom stereocenters. The van der Waals surface area contributed by atoms with Crippen LogP contribution >= 0.6 is 0 Å². The zero-order valence-corrected chi connectivity index (χ0v) is 12.1. The molecule has 1 aliphatic rings. The molecule has 1 fully saturated rings. The van der Waals surface area contributed by atoms with Crippen LogP contribution < -0.4 is 10.2 Å². The standard InChI is InChI=1S/C17H20FN3/c18-16-6-3-7-17(21-9-1-2-10-21)15(16)13-20-12-14-5-4-8-19-11-14/h3-8,11,20H,1-2,9-10,12-13H2. The highest BCUT2D eigenvalue weighted by Crippen LogP contribution is 2.26. The molecule has 2 heterocycles. The van der Waals surface area contributed by atoms with Crippen LogP contribution in [-0.4, -0.2) is 18.1 Å². The molecule has 4 heteroatoms. The van der Waals surface area contributed by atoms with Crippen molar-refractivity contribution < 1.29 is 4.39 Å². The zero-order valence-electron chi connectivity index (χ0n) is 12.1. The molecule has 1 aliphatic heterocycles. The van der Waals surface area contributed by atoms with E-state index in [-0.39, 0.29) is 5.82 Å². The number of rotatable bonds is 5. The highest BCUT2D eigenvalue weighted by Gasteiger charge is 2.17. The van der Waals surface area contributed by atoms with E-state index in [4.69, 9.17) is 0 Å². The lowest BCUT2D eigenvalue weighted by Gasteiger charge is -2.22. The first-order chi connectivity index (χ1) is 10.3. The van der Waals surface area contributed by atoms with Crippen molar-refractivity contribution in [3.8, 4) is 0 Å². The summed E-state index contributed by atoms with van der Waals surface area (Å²) in [4.78, 5) is 6.37. The number of halogens is 1. The Morgan fingerprint density at radius 2 is 1.95 bits per heavy atom. The number of hydrogen-bond acceptors (Lipinski definition) is 3. The van der Waals surface area contributed by atoms with E-state index in [1.165, 1.54) is 12.8 Å². The molecule has 3 nitrogen and oxygen atoms in total. The molecule has 1 aromatic carbocycles. The van der Waals surface area contributed by atoms with Gasteiger partial charge in [0.05, 0.1) is 0 Å². The summed E-state index contributed by atoms with van der Waals surface area (Å²) in [5.41, 5.74) is 2.91. The largest absolute Gasteiger partial charge is 0.371 e. The minimum absolute atomic E-state index is 0.127. The van der Waals surface area contributed by atoms with Gasteiger partial charge in [0.1, 0.15) is 5.82 Å². The average molecular weight is 285 g/mol. The summed E-state index contributed by atoms with van der Waals surface area (Å²) in [5, 5.41) is 3.32. The van der Waals surface area contributed by atoms with E-state index < -0.39 is 0 Å². The fourth-order valence-electron chi connectivity index (χ4n) is 2.81. The highest BCUT2D eigenvalue weighted by atomic mass is 19.1. The summed E-state index contributed by atoms with van der Waals surface area (Å²) in [6.07, 6.45) is 5.97. The number of pyridine rings is 1. The maximum atomic E-state index is 14.2. The molecule has 0 unspecified atom stereocenters. The SMILES string of the molecule is Fc1cccc(N2CCCC2)c1CNCc1cccnc1. The summed E-state index contributed by atoms with van der Waals surface area (Å²) >= 11 is 0. The smallest absolute Gasteiger partial charge is 0.129 e. The van der Waals surface area contributed by atoms with Crippen LogP contribution in [-0.2, 0) is 13.1 Å². The predicted molar refractivity (Wildman–Crippen MR) is 82.6 cm³/mol. The van der Waals surface area contributed by atoms with Crippen LogP contribution in [0.1, 0.15) is 24.0 Å². The third kappa shape index (κ3) is 3.39. The molecule has 0 spiro atoms. The number of nitrogens with zero attached hydrogens (tertiary/aromatic N) is 2. The van der Waals surface area contributed by atoms with Gasteiger partial charge in [-0.05, 0) is 36.6 Å². The van der Waals surface area contributed by atoms with Gasteiger partial charge >= 0.3 is 0 Å². The molecule has 0 aliphatic carbocycles. The van der Waals surface area contributed by atoms with E-state index >= 15 is 0 Å². The van der Waals surface area contributed by atoms with Crippen LogP contribution in [0.2, 0.25) is 0 Å². The molecule has 0 saturated carbocycles. The first kappa shape index (κ1) is 14.0. The summed E-state index contributed by atoms with van der Waals surface area (Å²) in [5.74, 6) is -0.127. The van der Waals surface area contributed by atoms with Crippen molar-refractivity contribution in [3.05, 3.63) is 59.7 Å². The van der Waals surface area contributed by atoms with E-state index in [0.29, 0.717) is 13.1 Å². The number of hydrogen-bond donors (Lipinski definition) is 1. The fourth-order valence-corrected chi connectivity index (χ4v) is 2.81. The predicted octanol–water partition coefficient (Wildman–Crippen LogP) is 3.11. The minimum atomic E-state index is -0.127. The first-order valence-electron chi connectivity index (χ1n) is 7.46. The van der Waals surface area contributed by atoms with Crippen molar-refractivity contribution in [2.45, 2.75) is 25.9 Å². The molecular formula is C17H20FN3. The third-order valence-corrected chi connectivity index (χ3v) is 3.89. The normalized spacial score (nSPS) is 14.6. The summed E-state index contributed by atoms with van der Waals surface area (Å²) < 4.78 is 14.2. The Labute approximate surface area is 124 Å². The second-order valence-electron chi connectivity index (χ2n) is 5.40. The molecule has 21 heavy (non-hydrogen) atoms. The third-order valence-electron chi connectivity index (χ3n) is 3.89. The summed E-state index contributed by atoms with van der Waals surface area (Å²) in [6.45, 7) is 3.28. The molecule has 1 saturated heterocycles. The van der Waals surface area contributed by atoms with Gasteiger partial charge in [-0.25, -0.2) is 4.39 Å². The van der Waals surface area contributed by atoms with E-state index in [1.54, 1.807) is 18.3 Å². The van der Waals surface area contributed by atoms with Crippen LogP contribution in [0.4, 0.5) is 10.1 Å². The van der Waals surface area contributed by atoms with Crippen molar-refractivity contribution in [1.82, 2.24) is 10.3 Å². The molecule has 3 rings (SSSR count). The molecule has 0 amide bonds. The van der Waals surface area contributed by atoms with Crippen molar-refractivity contribution in [2.75, 3.05) is 18.0 Å². The Morgan fingerprint density at radius 1 is 1.10 bits per heavy atom. The number of nitrogens with one attached hydrogen (secondary N) is 1. The fraction of sp³-hybridized carbons (Fsp3) is 0.353. The van der Waals surface area contributed by atoms with E-state index in [2.05, 4.69) is 15.2 Å². The molecule has 0 radical (unpaired) electrons. The van der Waals surface area contributed by atoms with Crippen LogP contribution in [0.5, 0.6) is 0 Å². The van der Waals surface area contributed by atoms with Crippen molar-refractivity contribution in [2.24, 2.45) is 0 Å². The van der Waals surface area contributed by atoms with E-state index in [1.807, 2.05) is 24.4 Å². The van der Waals surface area contributed by atoms with Gasteiger partial charge in [-0.2, -0.15) is 0 Å². The second-order valence-corrected chi connectivity index (χ2v) is 5.40. The lowest BCUT2D eigenvalue weighted by Crippen LogP contribution is -2.22. The van der Waals surface area contributed by atoms with Crippen molar-refractivity contribution in [1.29, 1.82) is 0 Å². The average Bonchev–Trinajstić information content (AvgIpc) is 3.04. The van der Waals surface area contributed by atoms with E-state index in [0.717, 1.165) is 29.9 Å².